The zero-order valence-corrected chi connectivity index (χ0v) is 18.3. The number of allylic oxidation sites excluding steroid dienone is 1. The summed E-state index contributed by atoms with van der Waals surface area (Å²) in [6, 6.07) is 0. The molecule has 1 unspecified atom stereocenters. The number of carbonyl (C=O) groups excluding carboxylic acids is 2. The first-order valence-corrected chi connectivity index (χ1v) is 13.3. The van der Waals surface area contributed by atoms with E-state index in [-0.39, 0.29) is 22.9 Å². The molecule has 0 bridgehead atoms. The zero-order valence-electron chi connectivity index (χ0n) is 15.6. The molecule has 0 saturated carbocycles. The van der Waals surface area contributed by atoms with Gasteiger partial charge in [-0.25, -0.2) is 0 Å². The van der Waals surface area contributed by atoms with E-state index in [1.807, 2.05) is 6.08 Å². The third kappa shape index (κ3) is 6.94. The topological polar surface area (TPSA) is 52.6 Å². The predicted octanol–water partition coefficient (Wildman–Crippen LogP) is 4.26. The van der Waals surface area contributed by atoms with Gasteiger partial charge < -0.3 is 9.16 Å². The van der Waals surface area contributed by atoms with Crippen molar-refractivity contribution < 1.29 is 18.8 Å². The number of hydrogen-bond donors (Lipinski definition) is 0. The highest BCUT2D eigenvalue weighted by atomic mass is 32.2. The number of carbonyl (C=O) groups is 2. The van der Waals surface area contributed by atoms with Crippen LogP contribution in [0.5, 0.6) is 0 Å². The lowest BCUT2D eigenvalue weighted by molar-refractivity contribution is -0.137. The Hall–Kier alpha value is -0.243. The van der Waals surface area contributed by atoms with Crippen molar-refractivity contribution in [3.8, 4) is 0 Å². The maximum atomic E-state index is 12.1. The number of methoxy groups -OCH3 is 1. The first-order chi connectivity index (χ1) is 11.1. The molecular formula is C17H30O4S2Si. The number of Topliss-reactive ketones (excluding diaryl/α,β-unsaturated/α-hetero) is 1. The first-order valence-electron chi connectivity index (χ1n) is 8.27. The van der Waals surface area contributed by atoms with Gasteiger partial charge >= 0.3 is 5.97 Å². The molecular weight excluding hydrogens is 360 g/mol. The second-order valence-electron chi connectivity index (χ2n) is 7.41. The van der Waals surface area contributed by atoms with Crippen LogP contribution in [0.1, 0.15) is 33.6 Å². The van der Waals surface area contributed by atoms with Crippen molar-refractivity contribution in [2.45, 2.75) is 57.8 Å². The molecule has 0 saturated heterocycles. The fourth-order valence-corrected chi connectivity index (χ4v) is 5.14. The summed E-state index contributed by atoms with van der Waals surface area (Å²) in [5, 5.41) is 0.149. The molecule has 0 N–H and O–H groups in total. The van der Waals surface area contributed by atoms with E-state index < -0.39 is 8.32 Å². The number of hydrogen-bond acceptors (Lipinski definition) is 6. The Morgan fingerprint density at radius 2 is 2.00 bits per heavy atom. The Labute approximate surface area is 155 Å². The number of thioether (sulfide) groups is 2. The predicted molar refractivity (Wildman–Crippen MR) is 106 cm³/mol. The van der Waals surface area contributed by atoms with Crippen molar-refractivity contribution in [1.82, 2.24) is 0 Å². The van der Waals surface area contributed by atoms with E-state index >= 15 is 0 Å². The minimum atomic E-state index is -1.85. The van der Waals surface area contributed by atoms with Crippen molar-refractivity contribution >= 4 is 43.6 Å². The Morgan fingerprint density at radius 3 is 2.58 bits per heavy atom. The van der Waals surface area contributed by atoms with Crippen LogP contribution in [0.2, 0.25) is 18.1 Å². The van der Waals surface area contributed by atoms with Crippen molar-refractivity contribution in [2.75, 3.05) is 24.4 Å². The van der Waals surface area contributed by atoms with Crippen LogP contribution < -0.4 is 0 Å². The molecule has 0 aromatic carbocycles. The highest BCUT2D eigenvalue weighted by Crippen LogP contribution is 2.39. The molecule has 1 rings (SSSR count). The Bertz CT molecular complexity index is 483. The lowest BCUT2D eigenvalue weighted by atomic mass is 10.2. The van der Waals surface area contributed by atoms with Crippen LogP contribution in [0.25, 0.3) is 0 Å². The smallest absolute Gasteiger partial charge is 0.315 e. The van der Waals surface area contributed by atoms with Gasteiger partial charge in [-0.3, -0.25) is 9.59 Å². The van der Waals surface area contributed by atoms with Gasteiger partial charge in [-0.15, -0.1) is 11.8 Å². The lowest BCUT2D eigenvalue weighted by Gasteiger charge is -2.37. The molecule has 0 radical (unpaired) electrons. The molecule has 1 aliphatic carbocycles. The Morgan fingerprint density at radius 1 is 1.33 bits per heavy atom. The highest BCUT2D eigenvalue weighted by Gasteiger charge is 2.40. The van der Waals surface area contributed by atoms with E-state index in [0.717, 1.165) is 22.8 Å². The Kier molecular flexibility index (Phi) is 8.59. The summed E-state index contributed by atoms with van der Waals surface area (Å²) in [5.74, 6) is 2.19. The van der Waals surface area contributed by atoms with Crippen LogP contribution in [0, 0.1) is 0 Å². The van der Waals surface area contributed by atoms with Crippen molar-refractivity contribution in [3.05, 3.63) is 11.0 Å². The largest absolute Gasteiger partial charge is 0.468 e. The van der Waals surface area contributed by atoms with E-state index in [0.29, 0.717) is 12.2 Å². The zero-order chi connectivity index (χ0) is 18.4. The minimum absolute atomic E-state index is 0.0606. The molecule has 24 heavy (non-hydrogen) atoms. The van der Waals surface area contributed by atoms with Crippen molar-refractivity contribution in [3.63, 3.8) is 0 Å². The molecule has 0 fully saturated rings. The number of ether oxygens (including phenoxy) is 1. The first kappa shape index (κ1) is 21.8. The number of ketones is 1. The Balaban J connectivity index is 2.36. The second-order valence-corrected chi connectivity index (χ2v) is 14.4. The average Bonchev–Trinajstić information content (AvgIpc) is 2.80. The molecule has 0 aromatic heterocycles. The van der Waals surface area contributed by atoms with Crippen LogP contribution in [-0.4, -0.2) is 50.5 Å². The van der Waals surface area contributed by atoms with Gasteiger partial charge in [0.1, 0.15) is 0 Å². The summed E-state index contributed by atoms with van der Waals surface area (Å²) in [6.45, 7) is 11.1. The lowest BCUT2D eigenvalue weighted by Crippen LogP contribution is -2.43. The van der Waals surface area contributed by atoms with Gasteiger partial charge in [0, 0.05) is 11.3 Å². The van der Waals surface area contributed by atoms with Gasteiger partial charge in [0.05, 0.1) is 19.0 Å². The molecule has 7 heteroatoms. The van der Waals surface area contributed by atoms with Gasteiger partial charge in [0.2, 0.25) is 0 Å². The van der Waals surface area contributed by atoms with E-state index in [4.69, 9.17) is 4.43 Å². The van der Waals surface area contributed by atoms with E-state index in [1.54, 1.807) is 23.5 Å². The number of rotatable bonds is 9. The normalized spacial score (nSPS) is 18.7. The molecule has 4 nitrogen and oxygen atoms in total. The van der Waals surface area contributed by atoms with Crippen LogP contribution in [0.4, 0.5) is 0 Å². The summed E-state index contributed by atoms with van der Waals surface area (Å²) >= 11 is 3.18. The van der Waals surface area contributed by atoms with Gasteiger partial charge in [-0.1, -0.05) is 20.8 Å². The quantitative estimate of drug-likeness (QED) is 0.333. The molecule has 0 amide bonds. The summed E-state index contributed by atoms with van der Waals surface area (Å²) in [7, 11) is -0.444. The molecule has 138 valence electrons. The van der Waals surface area contributed by atoms with Crippen molar-refractivity contribution in [1.29, 1.82) is 0 Å². The maximum Gasteiger partial charge on any atom is 0.315 e. The summed E-state index contributed by atoms with van der Waals surface area (Å²) in [5.41, 5.74) is 0. The fourth-order valence-electron chi connectivity index (χ4n) is 1.92. The van der Waals surface area contributed by atoms with E-state index in [1.165, 1.54) is 7.11 Å². The molecule has 1 aliphatic rings. The standard InChI is InChI=1S/C17H30O4S2Si/c1-17(2,3)24(5,6)21-13-10-14(18)15(11-13)23-9-7-8-22-12-16(19)20-4/h11,13H,7-10,12H2,1-6H3. The molecule has 1 atom stereocenters. The van der Waals surface area contributed by atoms with E-state index in [2.05, 4.69) is 38.6 Å². The molecule has 0 spiro atoms. The second kappa shape index (κ2) is 9.45. The van der Waals surface area contributed by atoms with Gasteiger partial charge in [-0.05, 0) is 42.1 Å². The third-order valence-electron chi connectivity index (χ3n) is 4.39. The SMILES string of the molecule is COC(=O)CSCCCSC1=CC(O[Si](C)(C)C(C)(C)C)CC1=O. The average molecular weight is 391 g/mol. The van der Waals surface area contributed by atoms with Crippen LogP contribution in [-0.2, 0) is 18.8 Å². The van der Waals surface area contributed by atoms with Gasteiger partial charge in [-0.2, -0.15) is 11.8 Å². The van der Waals surface area contributed by atoms with Crippen molar-refractivity contribution in [2.24, 2.45) is 0 Å². The summed E-state index contributed by atoms with van der Waals surface area (Å²) in [6.07, 6.45) is 3.39. The third-order valence-corrected chi connectivity index (χ3v) is 11.1. The fraction of sp³-hybridized carbons (Fsp3) is 0.765. The van der Waals surface area contributed by atoms with E-state index in [9.17, 15) is 9.59 Å². The van der Waals surface area contributed by atoms with Gasteiger partial charge in [0.15, 0.2) is 14.1 Å². The maximum absolute atomic E-state index is 12.1. The van der Waals surface area contributed by atoms with Crippen LogP contribution in [0.3, 0.4) is 0 Å². The minimum Gasteiger partial charge on any atom is -0.468 e. The van der Waals surface area contributed by atoms with Gasteiger partial charge in [0.25, 0.3) is 0 Å². The molecule has 0 aromatic rings. The molecule has 0 aliphatic heterocycles. The number of esters is 1. The van der Waals surface area contributed by atoms with Crippen LogP contribution in [0.15, 0.2) is 11.0 Å². The summed E-state index contributed by atoms with van der Waals surface area (Å²) < 4.78 is 10.9. The highest BCUT2D eigenvalue weighted by molar-refractivity contribution is 8.04. The van der Waals surface area contributed by atoms with Crippen LogP contribution >= 0.6 is 23.5 Å². The summed E-state index contributed by atoms with van der Waals surface area (Å²) in [4.78, 5) is 24.0. The molecule has 0 heterocycles. The monoisotopic (exact) mass is 390 g/mol.